The van der Waals surface area contributed by atoms with Crippen LogP contribution >= 0.6 is 0 Å². The fourth-order valence-electron chi connectivity index (χ4n) is 0.0345. The molecule has 0 bridgehead atoms. The Balaban J connectivity index is 2.40. The average Bonchev–Trinajstić information content (AvgIpc) is 1.41. The van der Waals surface area contributed by atoms with Crippen molar-refractivity contribution in [2.75, 3.05) is 13.2 Å². The van der Waals surface area contributed by atoms with E-state index in [-0.39, 0.29) is 6.54 Å². The fraction of sp³-hybridized carbons (Fsp3) is 1.00. The molecule has 0 aromatic carbocycles. The van der Waals surface area contributed by atoms with Crippen molar-refractivity contribution in [1.29, 1.82) is 0 Å². The molecule has 0 aliphatic heterocycles. The summed E-state index contributed by atoms with van der Waals surface area (Å²) in [5, 5.41) is 2.23. The normalized spacial score (nSPS) is 7.40. The van der Waals surface area contributed by atoms with Crippen LogP contribution < -0.4 is 0 Å². The third-order valence-electron chi connectivity index (χ3n) is 0.176. The first kappa shape index (κ1) is 4.53. The van der Waals surface area contributed by atoms with E-state index in [0.29, 0.717) is 0 Å². The monoisotopic (exact) mass is 77.0 g/mol. The zero-order valence-corrected chi connectivity index (χ0v) is 2.65. The summed E-state index contributed by atoms with van der Waals surface area (Å²) in [6, 6.07) is 0. The number of rotatable bonds is 2. The van der Waals surface area contributed by atoms with Crippen molar-refractivity contribution in [3.05, 3.63) is 4.91 Å². The second kappa shape index (κ2) is 3.53. The Hall–Kier alpha value is -0.470. The van der Waals surface area contributed by atoms with Gasteiger partial charge in [0.1, 0.15) is 13.2 Å². The van der Waals surface area contributed by atoms with Crippen molar-refractivity contribution in [3.63, 3.8) is 0 Å². The molecule has 5 heavy (non-hydrogen) atoms. The van der Waals surface area contributed by atoms with Crippen molar-refractivity contribution in [1.82, 2.24) is 0 Å². The van der Waals surface area contributed by atoms with Gasteiger partial charge in [0.15, 0.2) is 0 Å². The summed E-state index contributed by atoms with van der Waals surface area (Å²) < 4.78 is 10.7. The van der Waals surface area contributed by atoms with E-state index < -0.39 is 6.67 Å². The van der Waals surface area contributed by atoms with Crippen LogP contribution in [0.3, 0.4) is 0 Å². The minimum absolute atomic E-state index is 0.208. The second-order valence-electron chi connectivity index (χ2n) is 0.542. The highest BCUT2D eigenvalue weighted by atomic mass is 19.1. The number of nitrogens with zero attached hydrogens (tertiary/aromatic N) is 1. The van der Waals surface area contributed by atoms with Gasteiger partial charge in [-0.2, -0.15) is 4.91 Å². The summed E-state index contributed by atoms with van der Waals surface area (Å²) in [6.07, 6.45) is 0. The van der Waals surface area contributed by atoms with E-state index in [9.17, 15) is 4.39 Å². The van der Waals surface area contributed by atoms with Crippen LogP contribution in [0, 0.1) is 4.91 Å². The maximum Gasteiger partial charge on any atom is 0.112 e. The van der Waals surface area contributed by atoms with Gasteiger partial charge in [0.25, 0.3) is 0 Å². The number of hydrogen-bond acceptors (Lipinski definition) is 2. The maximum absolute atomic E-state index is 10.7. The highest BCUT2D eigenvalue weighted by Gasteiger charge is 1.70. The van der Waals surface area contributed by atoms with Crippen LogP contribution in [0.25, 0.3) is 0 Å². The van der Waals surface area contributed by atoms with Crippen LogP contribution in [-0.2, 0) is 0 Å². The summed E-state index contributed by atoms with van der Waals surface area (Å²) in [5.41, 5.74) is 0. The Kier molecular flexibility index (Phi) is 3.20. The van der Waals surface area contributed by atoms with Crippen LogP contribution in [0.5, 0.6) is 0 Å². The lowest BCUT2D eigenvalue weighted by molar-refractivity contribution is 0.504. The Bertz CT molecular complexity index is 30.8. The van der Waals surface area contributed by atoms with E-state index in [0.717, 1.165) is 0 Å². The highest BCUT2D eigenvalue weighted by molar-refractivity contribution is 4.31. The quantitative estimate of drug-likeness (QED) is 0.446. The van der Waals surface area contributed by atoms with Gasteiger partial charge in [0, 0.05) is 0 Å². The molecule has 3 heteroatoms. The summed E-state index contributed by atoms with van der Waals surface area (Å²) in [4.78, 5) is 8.91. The molecule has 30 valence electrons. The van der Waals surface area contributed by atoms with Crippen LogP contribution in [0.1, 0.15) is 0 Å². The molecule has 0 fully saturated rings. The number of halogens is 1. The van der Waals surface area contributed by atoms with Gasteiger partial charge in [-0.3, -0.25) is 0 Å². The van der Waals surface area contributed by atoms with Gasteiger partial charge in [-0.05, 0) is 0 Å². The van der Waals surface area contributed by atoms with E-state index in [4.69, 9.17) is 4.91 Å². The first-order valence-electron chi connectivity index (χ1n) is 1.27. The predicted octanol–water partition coefficient (Wildman–Crippen LogP) is 0.722. The predicted molar refractivity (Wildman–Crippen MR) is 16.6 cm³/mol. The van der Waals surface area contributed by atoms with Crippen LogP contribution in [-0.4, -0.2) is 13.2 Å². The summed E-state index contributed by atoms with van der Waals surface area (Å²) >= 11 is 0. The van der Waals surface area contributed by atoms with Crippen LogP contribution in [0.15, 0.2) is 5.18 Å². The Morgan fingerprint density at radius 3 is 2.40 bits per heavy atom. The molecule has 0 N–H and O–H groups in total. The van der Waals surface area contributed by atoms with Crippen LogP contribution in [0.2, 0.25) is 0 Å². The largest absolute Gasteiger partial charge is 0.249 e. The molecule has 0 aromatic heterocycles. The molecule has 0 radical (unpaired) electrons. The van der Waals surface area contributed by atoms with Gasteiger partial charge >= 0.3 is 0 Å². The first-order valence-corrected chi connectivity index (χ1v) is 1.27. The lowest BCUT2D eigenvalue weighted by Crippen LogP contribution is -1.74. The molecule has 0 heterocycles. The molecule has 0 spiro atoms. The van der Waals surface area contributed by atoms with E-state index in [1.165, 1.54) is 0 Å². The first-order chi connectivity index (χ1) is 2.41. The average molecular weight is 77.1 g/mol. The lowest BCUT2D eigenvalue weighted by atomic mass is 10.8. The van der Waals surface area contributed by atoms with Gasteiger partial charge < -0.3 is 0 Å². The van der Waals surface area contributed by atoms with E-state index >= 15 is 0 Å². The maximum atomic E-state index is 10.7. The van der Waals surface area contributed by atoms with Gasteiger partial charge in [0.2, 0.25) is 0 Å². The number of alkyl halides is 1. The fourth-order valence-corrected chi connectivity index (χ4v) is 0.0345. The van der Waals surface area contributed by atoms with E-state index in [1.807, 2.05) is 0 Å². The summed E-state index contributed by atoms with van der Waals surface area (Å²) in [6.45, 7) is -0.844. The molecular weight excluding hydrogens is 73.0 g/mol. The van der Waals surface area contributed by atoms with Gasteiger partial charge in [0.05, 0.1) is 0 Å². The zero-order chi connectivity index (χ0) is 4.12. The van der Waals surface area contributed by atoms with Crippen molar-refractivity contribution in [3.8, 4) is 0 Å². The third-order valence-corrected chi connectivity index (χ3v) is 0.176. The summed E-state index contributed by atoms with van der Waals surface area (Å²) in [5.74, 6) is 0. The smallest absolute Gasteiger partial charge is 0.112 e. The molecule has 0 rings (SSSR count). The number of hydrogen-bond donors (Lipinski definition) is 0. The highest BCUT2D eigenvalue weighted by Crippen LogP contribution is 1.64. The minimum Gasteiger partial charge on any atom is -0.249 e. The molecule has 0 saturated heterocycles. The Morgan fingerprint density at radius 1 is 1.80 bits per heavy atom. The topological polar surface area (TPSA) is 29.4 Å². The molecule has 0 unspecified atom stereocenters. The SMILES string of the molecule is O=NCCF. The molecule has 2 nitrogen and oxygen atoms in total. The Morgan fingerprint density at radius 2 is 2.40 bits per heavy atom. The third kappa shape index (κ3) is 3.53. The molecule has 0 aliphatic rings. The van der Waals surface area contributed by atoms with E-state index in [1.54, 1.807) is 0 Å². The van der Waals surface area contributed by atoms with Crippen molar-refractivity contribution < 1.29 is 4.39 Å². The van der Waals surface area contributed by atoms with Crippen molar-refractivity contribution in [2.24, 2.45) is 5.18 Å². The van der Waals surface area contributed by atoms with Crippen LogP contribution in [0.4, 0.5) is 4.39 Å². The Labute approximate surface area is 29.0 Å². The van der Waals surface area contributed by atoms with E-state index in [2.05, 4.69) is 5.18 Å². The second-order valence-corrected chi connectivity index (χ2v) is 0.542. The molecule has 0 atom stereocenters. The molecular formula is C2H4FNO. The molecule has 0 aliphatic carbocycles. The lowest BCUT2D eigenvalue weighted by Gasteiger charge is -1.65. The van der Waals surface area contributed by atoms with Gasteiger partial charge in [-0.15, -0.1) is 0 Å². The van der Waals surface area contributed by atoms with Gasteiger partial charge in [-0.1, -0.05) is 5.18 Å². The zero-order valence-electron chi connectivity index (χ0n) is 2.65. The minimum atomic E-state index is -0.635. The van der Waals surface area contributed by atoms with Crippen molar-refractivity contribution in [2.45, 2.75) is 0 Å². The molecule has 0 amide bonds. The van der Waals surface area contributed by atoms with Gasteiger partial charge in [-0.25, -0.2) is 4.39 Å². The molecule has 0 saturated carbocycles. The number of nitroso groups, excluding NO2 is 1. The van der Waals surface area contributed by atoms with Crippen molar-refractivity contribution >= 4 is 0 Å². The standard InChI is InChI=1S/C2H4FNO/c3-1-2-4-5/h1-2H2. The molecule has 0 aromatic rings. The summed E-state index contributed by atoms with van der Waals surface area (Å²) in [7, 11) is 0.